The van der Waals surface area contributed by atoms with Gasteiger partial charge in [-0.1, -0.05) is 202 Å². The van der Waals surface area contributed by atoms with Crippen molar-refractivity contribution in [2.24, 2.45) is 0 Å². The first-order chi connectivity index (χ1) is 36.8. The minimum absolute atomic E-state index is 0.371. The van der Waals surface area contributed by atoms with Crippen LogP contribution in [0.4, 0.5) is 26.3 Å². The van der Waals surface area contributed by atoms with Crippen molar-refractivity contribution in [2.45, 2.75) is 26.2 Å². The van der Waals surface area contributed by atoms with Gasteiger partial charge in [0.2, 0.25) is 13.4 Å². The lowest BCUT2D eigenvalue weighted by atomic mass is 9.34. The molecular weight excluding hydrogens is 952 g/mol. The van der Waals surface area contributed by atoms with E-state index in [1.54, 1.807) is 6.07 Å². The molecule has 0 N–H and O–H groups in total. The summed E-state index contributed by atoms with van der Waals surface area (Å²) in [5, 5.41) is 5.83. The van der Waals surface area contributed by atoms with Gasteiger partial charge < -0.3 is 0 Å². The number of benzene rings is 12. The largest absolute Gasteiger partial charge is 0.416 e. The second-order valence-electron chi connectivity index (χ2n) is 21.3. The van der Waals surface area contributed by atoms with Gasteiger partial charge in [0.25, 0.3) is 0 Å². The molecule has 0 aliphatic carbocycles. The molecule has 4 aliphatic rings. The fourth-order valence-electron chi connectivity index (χ4n) is 14.2. The maximum atomic E-state index is 15.5. The zero-order valence-corrected chi connectivity index (χ0v) is 40.9. The molecule has 358 valence electrons. The summed E-state index contributed by atoms with van der Waals surface area (Å²) < 4.78 is 90.7. The van der Waals surface area contributed by atoms with Crippen LogP contribution in [0.25, 0.3) is 121 Å². The Hall–Kier alpha value is -8.61. The summed E-state index contributed by atoms with van der Waals surface area (Å²) in [4.78, 5) is 0. The van der Waals surface area contributed by atoms with E-state index in [0.717, 1.165) is 149 Å². The standard InChI is InChI=1S/C68H38B2F6/c1-35-21-23-57-47(25-35)55-29-40(68(74,75)76)30-56-50-32-46(44-20-12-10-18-42(44)38-15-7-4-8-16-38)52-33-59-61-49(54-27-36(2)26-53-48-28-39(67(71,72)73)22-24-58(48)70(59)65(53)54)31-45(43-19-11-9-17-41(43)37-13-5-3-6-14-37)51-34-60(69(57)66(55)56)62(50)64(52)63(51)61/h3-34H,1-2H3. The molecule has 76 heavy (non-hydrogen) atoms. The normalized spacial score (nSPS) is 13.5. The lowest BCUT2D eigenvalue weighted by Gasteiger charge is -2.33. The molecule has 0 bridgehead atoms. The number of alkyl halides is 6. The lowest BCUT2D eigenvalue weighted by Crippen LogP contribution is -2.53. The van der Waals surface area contributed by atoms with E-state index in [9.17, 15) is 13.2 Å². The summed E-state index contributed by atoms with van der Waals surface area (Å²) in [5.74, 6) is 0. The van der Waals surface area contributed by atoms with Gasteiger partial charge in [0.05, 0.1) is 11.1 Å². The molecule has 0 unspecified atom stereocenters. The van der Waals surface area contributed by atoms with Crippen molar-refractivity contribution in [3.63, 3.8) is 0 Å². The van der Waals surface area contributed by atoms with Gasteiger partial charge in [0, 0.05) is 0 Å². The van der Waals surface area contributed by atoms with Crippen molar-refractivity contribution in [1.82, 2.24) is 0 Å². The van der Waals surface area contributed by atoms with Crippen LogP contribution in [0, 0.1) is 13.8 Å². The Morgan fingerprint density at radius 3 is 1.17 bits per heavy atom. The molecular formula is C68H38B2F6. The van der Waals surface area contributed by atoms with Crippen molar-refractivity contribution in [2.75, 3.05) is 0 Å². The molecule has 12 aromatic carbocycles. The van der Waals surface area contributed by atoms with Crippen molar-refractivity contribution in [1.29, 1.82) is 0 Å². The maximum absolute atomic E-state index is 15.5. The predicted molar refractivity (Wildman–Crippen MR) is 302 cm³/mol. The second-order valence-corrected chi connectivity index (χ2v) is 21.3. The third kappa shape index (κ3) is 5.84. The summed E-state index contributed by atoms with van der Waals surface area (Å²) in [5.41, 5.74) is 20.1. The van der Waals surface area contributed by atoms with E-state index in [0.29, 0.717) is 16.7 Å². The number of hydrogen-bond donors (Lipinski definition) is 0. The highest BCUT2D eigenvalue weighted by molar-refractivity contribution is 7.03. The first kappa shape index (κ1) is 43.8. The van der Waals surface area contributed by atoms with Crippen molar-refractivity contribution in [3.05, 3.63) is 216 Å². The van der Waals surface area contributed by atoms with Gasteiger partial charge in [-0.3, -0.25) is 0 Å². The Labute approximate surface area is 434 Å². The Balaban J connectivity index is 1.15. The van der Waals surface area contributed by atoms with E-state index in [-0.39, 0.29) is 6.71 Å². The molecule has 8 heteroatoms. The molecule has 0 radical (unpaired) electrons. The van der Waals surface area contributed by atoms with Crippen molar-refractivity contribution in [3.8, 4) is 89.0 Å². The van der Waals surface area contributed by atoms with Crippen molar-refractivity contribution >= 4 is 78.5 Å². The maximum Gasteiger partial charge on any atom is 0.416 e. The van der Waals surface area contributed by atoms with E-state index in [1.165, 1.54) is 24.3 Å². The number of fused-ring (bicyclic) bond motifs is 10. The quantitative estimate of drug-likeness (QED) is 0.0936. The average molecular weight is 991 g/mol. The summed E-state index contributed by atoms with van der Waals surface area (Å²) in [7, 11) is 0. The highest BCUT2D eigenvalue weighted by atomic mass is 19.4. The molecule has 4 heterocycles. The first-order valence-corrected chi connectivity index (χ1v) is 25.7. The number of aryl methyl sites for hydroxylation is 2. The predicted octanol–water partition coefficient (Wildman–Crippen LogP) is 14.9. The fourth-order valence-corrected chi connectivity index (χ4v) is 14.2. The molecule has 0 saturated heterocycles. The van der Waals surface area contributed by atoms with Crippen molar-refractivity contribution < 1.29 is 26.3 Å². The van der Waals surface area contributed by atoms with Crippen LogP contribution in [0.5, 0.6) is 0 Å². The summed E-state index contributed by atoms with van der Waals surface area (Å²) >= 11 is 0. The molecule has 12 aromatic rings. The Morgan fingerprint density at radius 2 is 0.671 bits per heavy atom. The highest BCUT2D eigenvalue weighted by Crippen LogP contribution is 2.53. The Kier molecular flexibility index (Phi) is 8.66. The minimum Gasteiger partial charge on any atom is -0.166 e. The molecule has 0 fully saturated rings. The van der Waals surface area contributed by atoms with E-state index in [2.05, 4.69) is 103 Å². The summed E-state index contributed by atoms with van der Waals surface area (Å²) in [6.45, 7) is 3.22. The molecule has 0 spiro atoms. The lowest BCUT2D eigenvalue weighted by molar-refractivity contribution is -0.138. The highest BCUT2D eigenvalue weighted by Gasteiger charge is 2.47. The van der Waals surface area contributed by atoms with Gasteiger partial charge in [-0.15, -0.1) is 0 Å². The molecule has 0 aromatic heterocycles. The van der Waals surface area contributed by atoms with Gasteiger partial charge in [0.1, 0.15) is 0 Å². The number of hydrogen-bond acceptors (Lipinski definition) is 0. The van der Waals surface area contributed by atoms with Gasteiger partial charge in [0.15, 0.2) is 0 Å². The molecule has 16 rings (SSSR count). The number of halogens is 6. The minimum atomic E-state index is -4.62. The Morgan fingerprint density at radius 1 is 0.276 bits per heavy atom. The van der Waals surface area contributed by atoms with E-state index in [1.807, 2.05) is 74.5 Å². The van der Waals surface area contributed by atoms with Gasteiger partial charge >= 0.3 is 12.4 Å². The smallest absolute Gasteiger partial charge is 0.166 e. The Bertz CT molecular complexity index is 4570. The van der Waals surface area contributed by atoms with Crippen LogP contribution < -0.4 is 32.8 Å². The second kappa shape index (κ2) is 15.0. The van der Waals surface area contributed by atoms with Gasteiger partial charge in [-0.2, -0.15) is 26.3 Å². The van der Waals surface area contributed by atoms with E-state index < -0.39 is 30.2 Å². The average Bonchev–Trinajstić information content (AvgIpc) is 3.87. The van der Waals surface area contributed by atoms with Crippen LogP contribution in [0.3, 0.4) is 0 Å². The SMILES string of the molecule is Cc1ccc2c(c1)-c1cc(C(F)(F)F)cc3c1B2c1cc2c(-c4ccccc4-c4ccccc4)cc4c5c(cc6c(-c7ccccc7-c7ccccc7)cc-3c1c6c25)B1c2ccc(C(F)(F)F)cc2-c2cc(C)cc-4c21. The topological polar surface area (TPSA) is 0 Å². The molecule has 0 nitrogen and oxygen atoms in total. The third-order valence-electron chi connectivity index (χ3n) is 17.2. The van der Waals surface area contributed by atoms with E-state index in [4.69, 9.17) is 0 Å². The third-order valence-corrected chi connectivity index (χ3v) is 17.2. The molecule has 4 aliphatic heterocycles. The van der Waals surface area contributed by atoms with Crippen LogP contribution in [0.2, 0.25) is 0 Å². The fraction of sp³-hybridized carbons (Fsp3) is 0.0588. The van der Waals surface area contributed by atoms with Gasteiger partial charge in [-0.25, -0.2) is 0 Å². The number of rotatable bonds is 4. The monoisotopic (exact) mass is 990 g/mol. The van der Waals surface area contributed by atoms with Crippen LogP contribution in [-0.2, 0) is 12.4 Å². The summed E-state index contributed by atoms with van der Waals surface area (Å²) in [6.07, 6.45) is -9.17. The summed E-state index contributed by atoms with van der Waals surface area (Å²) in [6, 6.07) is 63.8. The van der Waals surface area contributed by atoms with Crippen LogP contribution in [-0.4, -0.2) is 13.4 Å². The molecule has 0 saturated carbocycles. The van der Waals surface area contributed by atoms with Crippen LogP contribution in [0.1, 0.15) is 22.3 Å². The molecule has 0 atom stereocenters. The zero-order chi connectivity index (χ0) is 51.3. The first-order valence-electron chi connectivity index (χ1n) is 25.7. The van der Waals surface area contributed by atoms with Crippen LogP contribution >= 0.6 is 0 Å². The van der Waals surface area contributed by atoms with Gasteiger partial charge in [-0.05, 0) is 171 Å². The van der Waals surface area contributed by atoms with E-state index >= 15 is 13.2 Å². The van der Waals surface area contributed by atoms with Crippen LogP contribution in [0.15, 0.2) is 194 Å². The molecule has 0 amide bonds. The zero-order valence-electron chi connectivity index (χ0n) is 40.9.